The van der Waals surface area contributed by atoms with Crippen molar-refractivity contribution in [2.45, 2.75) is 46.0 Å². The summed E-state index contributed by atoms with van der Waals surface area (Å²) in [6.45, 7) is 4.25. The van der Waals surface area contributed by atoms with Crippen molar-refractivity contribution in [3.8, 4) is 0 Å². The molecular weight excluding hydrogens is 411 g/mol. The molecule has 0 saturated heterocycles. The van der Waals surface area contributed by atoms with Crippen molar-refractivity contribution < 1.29 is 9.90 Å². The molecule has 3 rings (SSSR count). The number of carbonyl (C=O) groups is 1. The minimum absolute atomic E-state index is 0. The van der Waals surface area contributed by atoms with Crippen molar-refractivity contribution in [2.75, 3.05) is 0 Å². The smallest absolute Gasteiger partial charge is 0.331 e. The molecule has 2 nitrogen and oxygen atoms in total. The predicted molar refractivity (Wildman–Crippen MR) is 122 cm³/mol. The van der Waals surface area contributed by atoms with Crippen molar-refractivity contribution in [1.82, 2.24) is 0 Å². The van der Waals surface area contributed by atoms with E-state index in [9.17, 15) is 9.90 Å². The summed E-state index contributed by atoms with van der Waals surface area (Å²) in [5, 5.41) is 12.1. The maximum Gasteiger partial charge on any atom is 0.331 e. The van der Waals surface area contributed by atoms with Crippen molar-refractivity contribution in [3.05, 3.63) is 74.0 Å². The van der Waals surface area contributed by atoms with Gasteiger partial charge in [-0.05, 0) is 97.7 Å². The van der Waals surface area contributed by atoms with Gasteiger partial charge in [0.15, 0.2) is 0 Å². The normalized spacial score (nSPS) is 17.0. The lowest BCUT2D eigenvalue weighted by Crippen LogP contribution is -2.12. The number of aliphatic carboxylic acids is 1. The van der Waals surface area contributed by atoms with Crippen molar-refractivity contribution in [3.63, 3.8) is 0 Å². The molecule has 0 aliphatic heterocycles. The monoisotopic (exact) mass is 436 g/mol. The lowest BCUT2D eigenvalue weighted by molar-refractivity contribution is -0.133. The van der Waals surface area contributed by atoms with Crippen LogP contribution in [0.1, 0.15) is 53.7 Å². The van der Waals surface area contributed by atoms with E-state index in [1.54, 1.807) is 11.3 Å². The Morgan fingerprint density at radius 2 is 2.07 bits per heavy atom. The first kappa shape index (κ1) is 22.7. The summed E-state index contributed by atoms with van der Waals surface area (Å²) in [5.41, 5.74) is 5.53. The molecule has 28 heavy (non-hydrogen) atoms. The van der Waals surface area contributed by atoms with E-state index in [2.05, 4.69) is 37.4 Å². The Kier molecular flexibility index (Phi) is 8.36. The fraction of sp³-hybridized carbons (Fsp3) is 0.348. The minimum atomic E-state index is -0.762. The highest BCUT2D eigenvalue weighted by Gasteiger charge is 2.19. The Bertz CT molecular complexity index is 896. The quantitative estimate of drug-likeness (QED) is 0.509. The van der Waals surface area contributed by atoms with E-state index in [1.807, 2.05) is 18.2 Å². The average molecular weight is 437 g/mol. The summed E-state index contributed by atoms with van der Waals surface area (Å²) in [7, 11) is 0. The number of rotatable bonds is 6. The molecule has 1 aromatic heterocycles. The Morgan fingerprint density at radius 1 is 1.29 bits per heavy atom. The van der Waals surface area contributed by atoms with E-state index < -0.39 is 5.97 Å². The Morgan fingerprint density at radius 3 is 2.71 bits per heavy atom. The number of hydrogen-bond acceptors (Lipinski definition) is 2. The summed E-state index contributed by atoms with van der Waals surface area (Å²) in [5.74, 6) is -0.309. The molecule has 0 amide bonds. The van der Waals surface area contributed by atoms with Crippen LogP contribution in [-0.2, 0) is 4.79 Å². The Labute approximate surface area is 182 Å². The number of aryl methyl sites for hydroxylation is 2. The number of allylic oxidation sites excluding steroid dienone is 2. The zero-order valence-electron chi connectivity index (χ0n) is 16.2. The molecule has 1 aliphatic carbocycles. The van der Waals surface area contributed by atoms with Gasteiger partial charge in [0.1, 0.15) is 0 Å². The summed E-state index contributed by atoms with van der Waals surface area (Å²) < 4.78 is 0. The largest absolute Gasteiger partial charge is 0.478 e. The van der Waals surface area contributed by atoms with Crippen LogP contribution in [0.2, 0.25) is 5.02 Å². The maximum absolute atomic E-state index is 11.2. The zero-order valence-corrected chi connectivity index (χ0v) is 18.6. The molecule has 0 spiro atoms. The number of carboxylic acids is 1. The molecule has 0 saturated carbocycles. The van der Waals surface area contributed by atoms with Gasteiger partial charge in [-0.3, -0.25) is 0 Å². The van der Waals surface area contributed by atoms with E-state index >= 15 is 0 Å². The van der Waals surface area contributed by atoms with Crippen LogP contribution >= 0.6 is 35.3 Å². The fourth-order valence-corrected chi connectivity index (χ4v) is 4.99. The van der Waals surface area contributed by atoms with Gasteiger partial charge in [0.25, 0.3) is 0 Å². The standard InChI is InChI=1S/C23H25ClO2S.ClH/c1-15-11-12-27-22(15)21(20-10-9-19(24)13-16(20)2)8-4-6-17-5-3-7-18(14-17)23(25)26;/h7-13,17H,3-6,14H2,1-2H3,(H,25,26);1H/b21-8-;. The van der Waals surface area contributed by atoms with Gasteiger partial charge in [-0.1, -0.05) is 29.8 Å². The van der Waals surface area contributed by atoms with E-state index in [0.29, 0.717) is 17.9 Å². The third kappa shape index (κ3) is 5.50. The highest BCUT2D eigenvalue weighted by molar-refractivity contribution is 7.11. The second-order valence-corrected chi connectivity index (χ2v) is 8.62. The third-order valence-corrected chi connectivity index (χ3v) is 6.54. The fourth-order valence-electron chi connectivity index (χ4n) is 3.78. The number of hydrogen-bond donors (Lipinski definition) is 1. The molecule has 0 fully saturated rings. The van der Waals surface area contributed by atoms with Gasteiger partial charge in [0.05, 0.1) is 0 Å². The Hall–Kier alpha value is -1.55. The van der Waals surface area contributed by atoms with Crippen molar-refractivity contribution in [2.24, 2.45) is 5.92 Å². The van der Waals surface area contributed by atoms with Gasteiger partial charge in [0, 0.05) is 15.5 Å². The van der Waals surface area contributed by atoms with E-state index in [-0.39, 0.29) is 12.4 Å². The second-order valence-electron chi connectivity index (χ2n) is 7.27. The topological polar surface area (TPSA) is 37.3 Å². The maximum atomic E-state index is 11.2. The average Bonchev–Trinajstić information content (AvgIpc) is 3.05. The second kappa shape index (κ2) is 10.3. The molecule has 150 valence electrons. The number of halogens is 2. The summed E-state index contributed by atoms with van der Waals surface area (Å²) in [6.07, 6.45) is 8.83. The van der Waals surface area contributed by atoms with Gasteiger partial charge < -0.3 is 5.11 Å². The first-order chi connectivity index (χ1) is 13.0. The minimum Gasteiger partial charge on any atom is -0.478 e. The first-order valence-corrected chi connectivity index (χ1v) is 10.6. The summed E-state index contributed by atoms with van der Waals surface area (Å²) in [4.78, 5) is 12.5. The molecule has 1 N–H and O–H groups in total. The molecular formula is C23H26Cl2O2S. The van der Waals surface area contributed by atoms with Crippen LogP contribution in [-0.4, -0.2) is 11.1 Å². The molecule has 1 unspecified atom stereocenters. The zero-order chi connectivity index (χ0) is 19.4. The van der Waals surface area contributed by atoms with Crippen LogP contribution in [0.25, 0.3) is 5.57 Å². The molecule has 1 heterocycles. The van der Waals surface area contributed by atoms with Gasteiger partial charge >= 0.3 is 5.97 Å². The third-order valence-electron chi connectivity index (χ3n) is 5.26. The molecule has 1 aliphatic rings. The number of benzene rings is 1. The van der Waals surface area contributed by atoms with Crippen LogP contribution in [0.5, 0.6) is 0 Å². The van der Waals surface area contributed by atoms with Crippen LogP contribution < -0.4 is 0 Å². The number of thiophene rings is 1. The van der Waals surface area contributed by atoms with Crippen LogP contribution in [0.15, 0.2) is 47.4 Å². The van der Waals surface area contributed by atoms with Crippen molar-refractivity contribution >= 4 is 46.9 Å². The predicted octanol–water partition coefficient (Wildman–Crippen LogP) is 7.46. The Balaban J connectivity index is 0.00000280. The van der Waals surface area contributed by atoms with E-state index in [4.69, 9.17) is 11.6 Å². The van der Waals surface area contributed by atoms with Crippen LogP contribution in [0, 0.1) is 19.8 Å². The summed E-state index contributed by atoms with van der Waals surface area (Å²) >= 11 is 7.92. The molecule has 5 heteroatoms. The van der Waals surface area contributed by atoms with Gasteiger partial charge in [-0.15, -0.1) is 23.7 Å². The summed E-state index contributed by atoms with van der Waals surface area (Å²) in [6, 6.07) is 8.23. The van der Waals surface area contributed by atoms with Crippen LogP contribution in [0.4, 0.5) is 0 Å². The van der Waals surface area contributed by atoms with Crippen LogP contribution in [0.3, 0.4) is 0 Å². The molecule has 1 atom stereocenters. The lowest BCUT2D eigenvalue weighted by Gasteiger charge is -2.20. The molecule has 2 aromatic rings. The molecule has 1 aromatic carbocycles. The van der Waals surface area contributed by atoms with Crippen molar-refractivity contribution in [1.29, 1.82) is 0 Å². The molecule has 0 bridgehead atoms. The first-order valence-electron chi connectivity index (χ1n) is 9.39. The van der Waals surface area contributed by atoms with Gasteiger partial charge in [0.2, 0.25) is 0 Å². The molecule has 0 radical (unpaired) electrons. The SMILES string of the molecule is Cc1cc(Cl)ccc1/C(=C/CCC1CCC=C(C(=O)O)C1)c1sccc1C.Cl. The highest BCUT2D eigenvalue weighted by atomic mass is 35.5. The lowest BCUT2D eigenvalue weighted by atomic mass is 9.85. The van der Waals surface area contributed by atoms with E-state index in [0.717, 1.165) is 30.7 Å². The number of carboxylic acid groups (broad SMARTS) is 1. The van der Waals surface area contributed by atoms with Gasteiger partial charge in [-0.2, -0.15) is 0 Å². The van der Waals surface area contributed by atoms with Gasteiger partial charge in [-0.25, -0.2) is 4.79 Å². The highest BCUT2D eigenvalue weighted by Crippen LogP contribution is 2.35. The van der Waals surface area contributed by atoms with E-state index in [1.165, 1.54) is 27.1 Å².